The molecule has 0 aliphatic rings. The van der Waals surface area contributed by atoms with Gasteiger partial charge in [-0.3, -0.25) is 5.10 Å². The van der Waals surface area contributed by atoms with E-state index in [-0.39, 0.29) is 0 Å². The van der Waals surface area contributed by atoms with Crippen LogP contribution in [0.25, 0.3) is 27.8 Å². The number of imidazole rings is 1. The highest BCUT2D eigenvalue weighted by Gasteiger charge is 2.21. The summed E-state index contributed by atoms with van der Waals surface area (Å²) in [5, 5.41) is 17.0. The molecule has 5 aromatic rings. The van der Waals surface area contributed by atoms with Gasteiger partial charge in [-0.25, -0.2) is 9.50 Å². The number of aromatic amines is 2. The third kappa shape index (κ3) is 2.97. The van der Waals surface area contributed by atoms with E-state index in [1.807, 2.05) is 42.6 Å². The molecule has 32 heavy (non-hydrogen) atoms. The van der Waals surface area contributed by atoms with Crippen LogP contribution >= 0.6 is 0 Å². The normalized spacial score (nSPS) is 10.9. The summed E-state index contributed by atoms with van der Waals surface area (Å²) in [7, 11) is 4.82. The minimum absolute atomic E-state index is 0.448. The van der Waals surface area contributed by atoms with Crippen molar-refractivity contribution in [1.29, 1.82) is 5.26 Å². The Morgan fingerprint density at radius 2 is 1.84 bits per heavy atom. The summed E-state index contributed by atoms with van der Waals surface area (Å²) in [5.41, 5.74) is 4.27. The molecule has 160 valence electrons. The maximum Gasteiger partial charge on any atom is 0.173 e. The Balaban J connectivity index is 1.70. The first-order chi connectivity index (χ1) is 15.7. The van der Waals surface area contributed by atoms with Crippen LogP contribution in [-0.4, -0.2) is 40.9 Å². The Morgan fingerprint density at radius 1 is 1.00 bits per heavy atom. The van der Waals surface area contributed by atoms with E-state index in [0.29, 0.717) is 34.2 Å². The van der Waals surface area contributed by atoms with Gasteiger partial charge < -0.3 is 24.5 Å². The molecule has 3 N–H and O–H groups in total. The molecule has 0 atom stereocenters. The van der Waals surface area contributed by atoms with Gasteiger partial charge in [0.05, 0.1) is 21.3 Å². The smallest absolute Gasteiger partial charge is 0.173 e. The zero-order valence-corrected chi connectivity index (χ0v) is 17.7. The Morgan fingerprint density at radius 3 is 2.59 bits per heavy atom. The van der Waals surface area contributed by atoms with Crippen LogP contribution in [0.5, 0.6) is 17.2 Å². The van der Waals surface area contributed by atoms with Crippen molar-refractivity contribution in [3.8, 4) is 34.6 Å². The van der Waals surface area contributed by atoms with E-state index in [4.69, 9.17) is 19.2 Å². The van der Waals surface area contributed by atoms with Crippen molar-refractivity contribution in [2.45, 2.75) is 0 Å². The number of nitrogens with one attached hydrogen (secondary N) is 3. The number of nitriles is 1. The highest BCUT2D eigenvalue weighted by atomic mass is 16.5. The molecule has 0 fully saturated rings. The second-order valence-corrected chi connectivity index (χ2v) is 7.08. The van der Waals surface area contributed by atoms with Gasteiger partial charge in [-0.05, 0) is 30.3 Å². The molecule has 0 spiro atoms. The summed E-state index contributed by atoms with van der Waals surface area (Å²) in [6, 6.07) is 13.6. The van der Waals surface area contributed by atoms with Gasteiger partial charge in [0.15, 0.2) is 23.0 Å². The molecule has 0 unspecified atom stereocenters. The minimum atomic E-state index is 0.448. The van der Waals surface area contributed by atoms with E-state index < -0.39 is 0 Å². The average Bonchev–Trinajstić information content (AvgIpc) is 3.52. The molecular weight excluding hydrogens is 408 g/mol. The number of anilines is 2. The van der Waals surface area contributed by atoms with Gasteiger partial charge in [0.2, 0.25) is 0 Å². The van der Waals surface area contributed by atoms with E-state index in [1.165, 1.54) is 0 Å². The molecule has 3 heterocycles. The number of hydrogen-bond donors (Lipinski definition) is 3. The van der Waals surface area contributed by atoms with Gasteiger partial charge in [0.1, 0.15) is 23.1 Å². The van der Waals surface area contributed by atoms with Gasteiger partial charge in [-0.15, -0.1) is 0 Å². The summed E-state index contributed by atoms with van der Waals surface area (Å²) in [4.78, 5) is 8.08. The number of nitrogens with zero attached hydrogens (tertiary/aromatic N) is 3. The van der Waals surface area contributed by atoms with Gasteiger partial charge in [-0.2, -0.15) is 5.26 Å². The monoisotopic (exact) mass is 428 g/mol. The minimum Gasteiger partial charge on any atom is -0.497 e. The zero-order chi connectivity index (χ0) is 22.2. The Bertz CT molecular complexity index is 1490. The number of ether oxygens (including phenoxy) is 3. The molecular formula is C23H20N6O3. The molecule has 2 aromatic carbocycles. The van der Waals surface area contributed by atoms with Crippen molar-refractivity contribution >= 4 is 28.1 Å². The summed E-state index contributed by atoms with van der Waals surface area (Å²) in [5.74, 6) is 2.65. The second kappa shape index (κ2) is 7.59. The van der Waals surface area contributed by atoms with Crippen LogP contribution in [0.4, 0.5) is 11.5 Å². The Kier molecular flexibility index (Phi) is 4.60. The second-order valence-electron chi connectivity index (χ2n) is 7.08. The average molecular weight is 428 g/mol. The lowest BCUT2D eigenvalue weighted by atomic mass is 10.1. The summed E-state index contributed by atoms with van der Waals surface area (Å²) in [6.45, 7) is 0. The maximum atomic E-state index is 9.51. The molecule has 3 aromatic heterocycles. The first-order valence-electron chi connectivity index (χ1n) is 9.81. The lowest BCUT2D eigenvalue weighted by Crippen LogP contribution is -1.99. The first kappa shape index (κ1) is 19.4. The molecule has 0 bridgehead atoms. The lowest BCUT2D eigenvalue weighted by Gasteiger charge is -2.12. The van der Waals surface area contributed by atoms with Crippen LogP contribution in [0.15, 0.2) is 48.8 Å². The Labute approximate surface area is 183 Å². The molecule has 0 saturated heterocycles. The molecule has 9 heteroatoms. The number of fused-ring (bicyclic) bond motifs is 2. The van der Waals surface area contributed by atoms with E-state index >= 15 is 0 Å². The van der Waals surface area contributed by atoms with Gasteiger partial charge in [0, 0.05) is 40.6 Å². The predicted octanol–water partition coefficient (Wildman–Crippen LogP) is 4.45. The van der Waals surface area contributed by atoms with E-state index in [0.717, 1.165) is 27.9 Å². The molecule has 5 rings (SSSR count). The van der Waals surface area contributed by atoms with Crippen molar-refractivity contribution < 1.29 is 14.2 Å². The van der Waals surface area contributed by atoms with Crippen LogP contribution < -0.4 is 19.5 Å². The standard InChI is InChI=1S/C23H20N6O3/c1-30-15-5-6-18-16(9-15)17(12-25-18)21-23(29-22(28-21)13(10-24)11-26-29)27-14-4-7-19(31-2)20(8-14)32-3/h4-9,11-12,25-27H,1-3H3. The third-order valence-corrected chi connectivity index (χ3v) is 5.37. The van der Waals surface area contributed by atoms with Crippen molar-refractivity contribution in [2.75, 3.05) is 26.6 Å². The van der Waals surface area contributed by atoms with Crippen molar-refractivity contribution in [3.05, 3.63) is 54.4 Å². The molecule has 0 amide bonds. The molecule has 0 aliphatic carbocycles. The van der Waals surface area contributed by atoms with E-state index in [2.05, 4.69) is 21.5 Å². The quantitative estimate of drug-likeness (QED) is 0.368. The van der Waals surface area contributed by atoms with Crippen molar-refractivity contribution in [1.82, 2.24) is 19.6 Å². The summed E-state index contributed by atoms with van der Waals surface area (Å²) in [6.07, 6.45) is 3.53. The fourth-order valence-electron chi connectivity index (χ4n) is 3.78. The van der Waals surface area contributed by atoms with Gasteiger partial charge >= 0.3 is 0 Å². The van der Waals surface area contributed by atoms with Gasteiger partial charge in [-0.1, -0.05) is 0 Å². The predicted molar refractivity (Wildman–Crippen MR) is 121 cm³/mol. The van der Waals surface area contributed by atoms with Crippen LogP contribution in [0.2, 0.25) is 0 Å². The van der Waals surface area contributed by atoms with Crippen molar-refractivity contribution in [3.63, 3.8) is 0 Å². The molecule has 9 nitrogen and oxygen atoms in total. The van der Waals surface area contributed by atoms with Gasteiger partial charge in [0.25, 0.3) is 0 Å². The van der Waals surface area contributed by atoms with E-state index in [9.17, 15) is 5.26 Å². The number of hydrogen-bond acceptors (Lipinski definition) is 6. The summed E-state index contributed by atoms with van der Waals surface area (Å²) >= 11 is 0. The number of benzene rings is 2. The zero-order valence-electron chi connectivity index (χ0n) is 17.7. The number of H-pyrrole nitrogens is 2. The number of methoxy groups -OCH3 is 3. The van der Waals surface area contributed by atoms with Crippen LogP contribution in [0, 0.1) is 11.3 Å². The number of aromatic nitrogens is 4. The third-order valence-electron chi connectivity index (χ3n) is 5.37. The number of rotatable bonds is 6. The highest BCUT2D eigenvalue weighted by molar-refractivity contribution is 5.99. The van der Waals surface area contributed by atoms with Crippen molar-refractivity contribution in [2.24, 2.45) is 0 Å². The fourth-order valence-corrected chi connectivity index (χ4v) is 3.78. The highest BCUT2D eigenvalue weighted by Crippen LogP contribution is 2.38. The maximum absolute atomic E-state index is 9.51. The first-order valence-corrected chi connectivity index (χ1v) is 9.81. The van der Waals surface area contributed by atoms with E-state index in [1.54, 1.807) is 32.0 Å². The van der Waals surface area contributed by atoms with Crippen LogP contribution in [0.1, 0.15) is 5.56 Å². The fraction of sp³-hybridized carbons (Fsp3) is 0.130. The molecule has 0 aliphatic heterocycles. The molecule has 0 saturated carbocycles. The SMILES string of the molecule is COc1ccc2[nH]cc(-c3nc4c(C#N)c[nH]n4c3Nc3ccc(OC)c(OC)c3)c2c1. The van der Waals surface area contributed by atoms with Crippen LogP contribution in [-0.2, 0) is 0 Å². The largest absolute Gasteiger partial charge is 0.497 e. The topological polar surface area (TPSA) is 112 Å². The summed E-state index contributed by atoms with van der Waals surface area (Å²) < 4.78 is 17.9. The Hall–Kier alpha value is -4.58. The molecule has 0 radical (unpaired) electrons. The lowest BCUT2D eigenvalue weighted by molar-refractivity contribution is 0.355. The van der Waals surface area contributed by atoms with Crippen LogP contribution in [0.3, 0.4) is 0 Å².